The van der Waals surface area contributed by atoms with Crippen molar-refractivity contribution in [1.82, 2.24) is 9.21 Å². The van der Waals surface area contributed by atoms with Crippen LogP contribution >= 0.6 is 23.7 Å². The molecule has 1 aromatic heterocycles. The van der Waals surface area contributed by atoms with Gasteiger partial charge in [0.25, 0.3) is 5.91 Å². The number of methoxy groups -OCH3 is 1. The van der Waals surface area contributed by atoms with Crippen LogP contribution in [0.2, 0.25) is 0 Å². The van der Waals surface area contributed by atoms with Crippen LogP contribution in [-0.2, 0) is 27.7 Å². The number of halogens is 1. The Morgan fingerprint density at radius 3 is 2.13 bits per heavy atom. The molecule has 1 aliphatic heterocycles. The molecular formula is C27H40ClN3O5S2. The number of fused-ring (bicyclic) bond motifs is 1. The molecule has 0 spiro atoms. The van der Waals surface area contributed by atoms with E-state index in [0.717, 1.165) is 17.0 Å². The zero-order chi connectivity index (χ0) is 27.5. The van der Waals surface area contributed by atoms with Crippen molar-refractivity contribution in [2.24, 2.45) is 11.8 Å². The number of rotatable bonds is 10. The number of esters is 1. The van der Waals surface area contributed by atoms with E-state index in [-0.39, 0.29) is 29.1 Å². The second-order valence-corrected chi connectivity index (χ2v) is 13.6. The van der Waals surface area contributed by atoms with Gasteiger partial charge >= 0.3 is 5.97 Å². The van der Waals surface area contributed by atoms with Gasteiger partial charge in [0.2, 0.25) is 10.0 Å². The first-order chi connectivity index (χ1) is 17.3. The molecule has 0 fully saturated rings. The Hall–Kier alpha value is -1.98. The second kappa shape index (κ2) is 13.4. The highest BCUT2D eigenvalue weighted by Gasteiger charge is 2.30. The first-order valence-electron chi connectivity index (χ1n) is 12.7. The van der Waals surface area contributed by atoms with Crippen molar-refractivity contribution in [3.05, 3.63) is 45.8 Å². The molecule has 1 amide bonds. The summed E-state index contributed by atoms with van der Waals surface area (Å²) in [7, 11) is -2.35. The van der Waals surface area contributed by atoms with Gasteiger partial charge in [0, 0.05) is 42.7 Å². The number of nitrogens with zero attached hydrogens (tertiary/aromatic N) is 2. The molecule has 1 aromatic carbocycles. The number of hydrogen-bond donors (Lipinski definition) is 1. The number of hydrogen-bond acceptors (Lipinski definition) is 7. The van der Waals surface area contributed by atoms with Crippen LogP contribution in [-0.4, -0.2) is 62.3 Å². The number of carbonyl (C=O) groups is 2. The molecule has 212 valence electrons. The van der Waals surface area contributed by atoms with Crippen LogP contribution in [0.4, 0.5) is 5.00 Å². The van der Waals surface area contributed by atoms with Gasteiger partial charge in [-0.1, -0.05) is 27.7 Å². The van der Waals surface area contributed by atoms with Gasteiger partial charge < -0.3 is 10.1 Å². The molecule has 1 aliphatic rings. The average Bonchev–Trinajstić information content (AvgIpc) is 3.19. The van der Waals surface area contributed by atoms with Gasteiger partial charge in [-0.3, -0.25) is 9.69 Å². The van der Waals surface area contributed by atoms with Crippen molar-refractivity contribution in [3.8, 4) is 0 Å². The molecule has 11 heteroatoms. The highest BCUT2D eigenvalue weighted by molar-refractivity contribution is 7.89. The summed E-state index contributed by atoms with van der Waals surface area (Å²) < 4.78 is 33.1. The van der Waals surface area contributed by atoms with Crippen LogP contribution in [0.1, 0.15) is 72.7 Å². The zero-order valence-corrected chi connectivity index (χ0v) is 25.7. The molecule has 0 aliphatic carbocycles. The summed E-state index contributed by atoms with van der Waals surface area (Å²) in [6, 6.07) is 6.34. The maximum absolute atomic E-state index is 13.3. The average molecular weight is 586 g/mol. The number of anilines is 1. The van der Waals surface area contributed by atoms with E-state index >= 15 is 0 Å². The van der Waals surface area contributed by atoms with Gasteiger partial charge in [0.05, 0.1) is 17.6 Å². The lowest BCUT2D eigenvalue weighted by Gasteiger charge is -2.30. The number of thiophene rings is 1. The molecule has 0 saturated heterocycles. The molecule has 2 heterocycles. The van der Waals surface area contributed by atoms with Crippen LogP contribution in [0.15, 0.2) is 29.2 Å². The van der Waals surface area contributed by atoms with E-state index in [1.807, 2.05) is 27.7 Å². The minimum atomic E-state index is -3.69. The molecule has 0 saturated carbocycles. The quantitative estimate of drug-likeness (QED) is 0.381. The lowest BCUT2D eigenvalue weighted by Crippen LogP contribution is -2.37. The third kappa shape index (κ3) is 7.35. The summed E-state index contributed by atoms with van der Waals surface area (Å²) in [4.78, 5) is 29.3. The SMILES string of the molecule is COC(=O)c1c(NC(=O)c2ccc(S(=O)(=O)N(CC(C)C)CC(C)C)cc2)sc2c1CCN(C(C)C)C2.Cl. The van der Waals surface area contributed by atoms with Crippen molar-refractivity contribution in [2.45, 2.75) is 65.4 Å². The van der Waals surface area contributed by atoms with Gasteiger partial charge in [0.15, 0.2) is 0 Å². The predicted molar refractivity (Wildman–Crippen MR) is 155 cm³/mol. The van der Waals surface area contributed by atoms with E-state index in [9.17, 15) is 18.0 Å². The highest BCUT2D eigenvalue weighted by Crippen LogP contribution is 2.38. The minimum Gasteiger partial charge on any atom is -0.465 e. The van der Waals surface area contributed by atoms with Gasteiger partial charge in [-0.15, -0.1) is 23.7 Å². The molecule has 3 rings (SSSR count). The van der Waals surface area contributed by atoms with Crippen LogP contribution in [0.5, 0.6) is 0 Å². The smallest absolute Gasteiger partial charge is 0.341 e. The number of nitrogens with one attached hydrogen (secondary N) is 1. The maximum Gasteiger partial charge on any atom is 0.341 e. The molecule has 0 radical (unpaired) electrons. The van der Waals surface area contributed by atoms with Crippen LogP contribution in [0.3, 0.4) is 0 Å². The van der Waals surface area contributed by atoms with Gasteiger partial charge in [0.1, 0.15) is 5.00 Å². The van der Waals surface area contributed by atoms with E-state index in [1.165, 1.54) is 47.0 Å². The zero-order valence-electron chi connectivity index (χ0n) is 23.2. The Kier molecular flexibility index (Phi) is 11.4. The highest BCUT2D eigenvalue weighted by atomic mass is 35.5. The summed E-state index contributed by atoms with van der Waals surface area (Å²) in [5.41, 5.74) is 1.65. The number of ether oxygens (including phenoxy) is 1. The summed E-state index contributed by atoms with van der Waals surface area (Å²) in [6.45, 7) is 14.6. The first kappa shape index (κ1) is 32.2. The molecular weight excluding hydrogens is 546 g/mol. The normalized spacial score (nSPS) is 14.1. The van der Waals surface area contributed by atoms with E-state index in [4.69, 9.17) is 4.74 Å². The topological polar surface area (TPSA) is 96.0 Å². The third-order valence-electron chi connectivity index (χ3n) is 6.33. The predicted octanol–water partition coefficient (Wildman–Crippen LogP) is 5.28. The second-order valence-electron chi connectivity index (χ2n) is 10.6. The number of carbonyl (C=O) groups excluding carboxylic acids is 2. The van der Waals surface area contributed by atoms with Crippen LogP contribution < -0.4 is 5.32 Å². The van der Waals surface area contributed by atoms with E-state index < -0.39 is 21.9 Å². The fraction of sp³-hybridized carbons (Fsp3) is 0.556. The van der Waals surface area contributed by atoms with Crippen molar-refractivity contribution in [1.29, 1.82) is 0 Å². The van der Waals surface area contributed by atoms with Crippen LogP contribution in [0.25, 0.3) is 0 Å². The standard InChI is InChI=1S/C27H39N3O5S2.ClH/c1-17(2)14-30(15-18(3)4)37(33,34)21-10-8-20(9-11-21)25(31)28-26-24(27(32)35-7)22-12-13-29(19(5)6)16-23(22)36-26;/h8-11,17-19H,12-16H2,1-7H3,(H,28,31);1H. The number of amides is 1. The largest absolute Gasteiger partial charge is 0.465 e. The molecule has 0 unspecified atom stereocenters. The van der Waals surface area contributed by atoms with Crippen molar-refractivity contribution < 1.29 is 22.7 Å². The van der Waals surface area contributed by atoms with Gasteiger partial charge in [-0.2, -0.15) is 4.31 Å². The summed E-state index contributed by atoms with van der Waals surface area (Å²) in [5.74, 6) is -0.504. The summed E-state index contributed by atoms with van der Waals surface area (Å²) in [6.07, 6.45) is 0.708. The number of sulfonamides is 1. The fourth-order valence-corrected chi connectivity index (χ4v) is 7.48. The first-order valence-corrected chi connectivity index (χ1v) is 15.0. The monoisotopic (exact) mass is 585 g/mol. The Morgan fingerprint density at radius 2 is 1.63 bits per heavy atom. The summed E-state index contributed by atoms with van der Waals surface area (Å²) in [5, 5.41) is 3.34. The minimum absolute atomic E-state index is 0. The van der Waals surface area contributed by atoms with E-state index in [1.54, 1.807) is 0 Å². The Labute approximate surface area is 237 Å². The Morgan fingerprint density at radius 1 is 1.05 bits per heavy atom. The molecule has 0 atom stereocenters. The fourth-order valence-electron chi connectivity index (χ4n) is 4.46. The van der Waals surface area contributed by atoms with E-state index in [0.29, 0.717) is 48.2 Å². The molecule has 2 aromatic rings. The lowest BCUT2D eigenvalue weighted by molar-refractivity contribution is 0.0600. The van der Waals surface area contributed by atoms with Crippen molar-refractivity contribution in [3.63, 3.8) is 0 Å². The lowest BCUT2D eigenvalue weighted by atomic mass is 10.0. The van der Waals surface area contributed by atoms with Crippen molar-refractivity contribution >= 4 is 50.6 Å². The Balaban J connectivity index is 0.00000507. The number of benzene rings is 1. The maximum atomic E-state index is 13.3. The Bertz CT molecular complexity index is 1210. The molecule has 8 nitrogen and oxygen atoms in total. The molecule has 38 heavy (non-hydrogen) atoms. The third-order valence-corrected chi connectivity index (χ3v) is 9.30. The molecule has 0 bridgehead atoms. The van der Waals surface area contributed by atoms with Crippen molar-refractivity contribution in [2.75, 3.05) is 32.1 Å². The van der Waals surface area contributed by atoms with Crippen LogP contribution in [0, 0.1) is 11.8 Å². The van der Waals surface area contributed by atoms with Gasteiger partial charge in [-0.25, -0.2) is 13.2 Å². The summed E-state index contributed by atoms with van der Waals surface area (Å²) >= 11 is 1.40. The van der Waals surface area contributed by atoms with E-state index in [2.05, 4.69) is 24.1 Å². The molecule has 1 N–H and O–H groups in total. The van der Waals surface area contributed by atoms with Gasteiger partial charge in [-0.05, 0) is 61.9 Å².